The van der Waals surface area contributed by atoms with Crippen LogP contribution in [0.5, 0.6) is 0 Å². The van der Waals surface area contributed by atoms with Gasteiger partial charge in [0.05, 0.1) is 4.90 Å². The third-order valence-corrected chi connectivity index (χ3v) is 6.09. The molecule has 4 nitrogen and oxygen atoms in total. The summed E-state index contributed by atoms with van der Waals surface area (Å²) in [6.45, 7) is 2.34. The molecule has 2 unspecified atom stereocenters. The van der Waals surface area contributed by atoms with Crippen molar-refractivity contribution in [2.24, 2.45) is 11.7 Å². The number of sulfonamides is 1. The zero-order chi connectivity index (χ0) is 14.8. The van der Waals surface area contributed by atoms with Gasteiger partial charge in [0.25, 0.3) is 0 Å². The Balaban J connectivity index is 2.22. The van der Waals surface area contributed by atoms with Gasteiger partial charge in [0, 0.05) is 10.5 Å². The van der Waals surface area contributed by atoms with Crippen LogP contribution in [0.1, 0.15) is 31.2 Å². The van der Waals surface area contributed by atoms with E-state index in [1.807, 2.05) is 6.07 Å². The third kappa shape index (κ3) is 3.61. The predicted octanol–water partition coefficient (Wildman–Crippen LogP) is 2.55. The summed E-state index contributed by atoms with van der Waals surface area (Å²) in [6.07, 6.45) is 4.07. The molecule has 0 aliphatic heterocycles. The number of benzene rings is 1. The van der Waals surface area contributed by atoms with E-state index >= 15 is 0 Å². The molecular formula is C14H21BrN2O2S. The summed E-state index contributed by atoms with van der Waals surface area (Å²) in [6, 6.07) is 5.17. The summed E-state index contributed by atoms with van der Waals surface area (Å²) >= 11 is 3.35. The molecule has 6 heteroatoms. The molecule has 1 aromatic carbocycles. The minimum atomic E-state index is -3.48. The predicted molar refractivity (Wildman–Crippen MR) is 84.0 cm³/mol. The molecular weight excluding hydrogens is 340 g/mol. The smallest absolute Gasteiger partial charge is 0.241 e. The number of hydrogen-bond acceptors (Lipinski definition) is 3. The van der Waals surface area contributed by atoms with Crippen LogP contribution in [-0.2, 0) is 10.0 Å². The second-order valence-corrected chi connectivity index (χ2v) is 8.02. The molecule has 2 rings (SSSR count). The Labute approximate surface area is 129 Å². The van der Waals surface area contributed by atoms with Crippen molar-refractivity contribution in [1.82, 2.24) is 4.72 Å². The molecule has 20 heavy (non-hydrogen) atoms. The first-order valence-electron chi connectivity index (χ1n) is 6.92. The first-order valence-corrected chi connectivity index (χ1v) is 9.20. The summed E-state index contributed by atoms with van der Waals surface area (Å²) in [5.74, 6) is 0.245. The van der Waals surface area contributed by atoms with Crippen LogP contribution in [0.2, 0.25) is 0 Å². The lowest BCUT2D eigenvalue weighted by Crippen LogP contribution is -2.44. The van der Waals surface area contributed by atoms with Crippen LogP contribution < -0.4 is 10.5 Å². The second kappa shape index (κ2) is 6.56. The lowest BCUT2D eigenvalue weighted by molar-refractivity contribution is 0.296. The molecule has 1 aliphatic rings. The Kier molecular flexibility index (Phi) is 5.23. The highest BCUT2D eigenvalue weighted by atomic mass is 79.9. The van der Waals surface area contributed by atoms with Crippen molar-refractivity contribution in [1.29, 1.82) is 0 Å². The van der Waals surface area contributed by atoms with Crippen LogP contribution in [0.25, 0.3) is 0 Å². The second-order valence-electron chi connectivity index (χ2n) is 5.42. The highest BCUT2D eigenvalue weighted by molar-refractivity contribution is 9.10. The van der Waals surface area contributed by atoms with Gasteiger partial charge in [-0.15, -0.1) is 0 Å². The van der Waals surface area contributed by atoms with E-state index in [0.717, 1.165) is 35.7 Å². The summed E-state index contributed by atoms with van der Waals surface area (Å²) in [4.78, 5) is 0.349. The van der Waals surface area contributed by atoms with E-state index in [2.05, 4.69) is 20.7 Å². The van der Waals surface area contributed by atoms with E-state index in [4.69, 9.17) is 5.73 Å². The molecule has 1 fully saturated rings. The maximum Gasteiger partial charge on any atom is 0.241 e. The minimum Gasteiger partial charge on any atom is -0.330 e. The van der Waals surface area contributed by atoms with Gasteiger partial charge in [-0.3, -0.25) is 0 Å². The molecule has 0 aromatic heterocycles. The Morgan fingerprint density at radius 1 is 1.35 bits per heavy atom. The van der Waals surface area contributed by atoms with Gasteiger partial charge >= 0.3 is 0 Å². The molecule has 0 amide bonds. The molecule has 0 saturated heterocycles. The zero-order valence-corrected chi connectivity index (χ0v) is 14.0. The number of aryl methyl sites for hydroxylation is 1. The zero-order valence-electron chi connectivity index (χ0n) is 11.6. The van der Waals surface area contributed by atoms with Gasteiger partial charge in [0.1, 0.15) is 0 Å². The van der Waals surface area contributed by atoms with Gasteiger partial charge < -0.3 is 5.73 Å². The number of nitrogens with one attached hydrogen (secondary N) is 1. The van der Waals surface area contributed by atoms with Gasteiger partial charge in [-0.25, -0.2) is 13.1 Å². The molecule has 1 saturated carbocycles. The highest BCUT2D eigenvalue weighted by Crippen LogP contribution is 2.26. The van der Waals surface area contributed by atoms with E-state index in [9.17, 15) is 8.42 Å². The van der Waals surface area contributed by atoms with Crippen LogP contribution >= 0.6 is 15.9 Å². The largest absolute Gasteiger partial charge is 0.330 e. The average Bonchev–Trinajstić information content (AvgIpc) is 2.38. The van der Waals surface area contributed by atoms with E-state index in [1.165, 1.54) is 0 Å². The fraction of sp³-hybridized carbons (Fsp3) is 0.571. The molecule has 1 aromatic rings. The first kappa shape index (κ1) is 15.9. The molecule has 112 valence electrons. The van der Waals surface area contributed by atoms with Crippen molar-refractivity contribution in [3.63, 3.8) is 0 Å². The molecule has 3 N–H and O–H groups in total. The standard InChI is InChI=1S/C14H21BrN2O2S/c1-10-8-12(15)6-7-14(10)20(18,19)17-13-5-3-2-4-11(13)9-16/h6-8,11,13,17H,2-5,9,16H2,1H3. The lowest BCUT2D eigenvalue weighted by Gasteiger charge is -2.31. The summed E-state index contributed by atoms with van der Waals surface area (Å²) in [5.41, 5.74) is 6.50. The van der Waals surface area contributed by atoms with Crippen molar-refractivity contribution in [2.75, 3.05) is 6.54 Å². The first-order chi connectivity index (χ1) is 9.44. The van der Waals surface area contributed by atoms with Crippen molar-refractivity contribution in [3.05, 3.63) is 28.2 Å². The van der Waals surface area contributed by atoms with Crippen LogP contribution in [0.3, 0.4) is 0 Å². The summed E-state index contributed by atoms with van der Waals surface area (Å²) in [5, 5.41) is 0. The fourth-order valence-electron chi connectivity index (χ4n) is 2.82. The maximum atomic E-state index is 12.5. The van der Waals surface area contributed by atoms with Gasteiger partial charge in [-0.1, -0.05) is 28.8 Å². The minimum absolute atomic E-state index is 0.0400. The quantitative estimate of drug-likeness (QED) is 0.866. The fourth-order valence-corrected chi connectivity index (χ4v) is 4.86. The van der Waals surface area contributed by atoms with Crippen LogP contribution in [0.15, 0.2) is 27.6 Å². The Morgan fingerprint density at radius 3 is 2.70 bits per heavy atom. The normalized spacial score (nSPS) is 23.8. The Bertz CT molecular complexity index is 575. The van der Waals surface area contributed by atoms with Crippen molar-refractivity contribution < 1.29 is 8.42 Å². The average molecular weight is 361 g/mol. The topological polar surface area (TPSA) is 72.2 Å². The molecule has 0 spiro atoms. The lowest BCUT2D eigenvalue weighted by atomic mass is 9.85. The number of nitrogens with two attached hydrogens (primary N) is 1. The van der Waals surface area contributed by atoms with E-state index in [0.29, 0.717) is 11.4 Å². The van der Waals surface area contributed by atoms with Gasteiger partial charge in [-0.2, -0.15) is 0 Å². The molecule has 0 bridgehead atoms. The number of hydrogen-bond donors (Lipinski definition) is 2. The van der Waals surface area contributed by atoms with Crippen LogP contribution in [-0.4, -0.2) is 21.0 Å². The van der Waals surface area contributed by atoms with Crippen molar-refractivity contribution in [2.45, 2.75) is 43.5 Å². The monoisotopic (exact) mass is 360 g/mol. The van der Waals surface area contributed by atoms with Crippen molar-refractivity contribution in [3.8, 4) is 0 Å². The van der Waals surface area contributed by atoms with Crippen LogP contribution in [0, 0.1) is 12.8 Å². The highest BCUT2D eigenvalue weighted by Gasteiger charge is 2.29. The SMILES string of the molecule is Cc1cc(Br)ccc1S(=O)(=O)NC1CCCCC1CN. The third-order valence-electron chi connectivity index (χ3n) is 3.94. The van der Waals surface area contributed by atoms with Crippen molar-refractivity contribution >= 4 is 26.0 Å². The van der Waals surface area contributed by atoms with Gasteiger partial charge in [-0.05, 0) is 56.0 Å². The van der Waals surface area contributed by atoms with Gasteiger partial charge in [0.2, 0.25) is 10.0 Å². The number of rotatable bonds is 4. The van der Waals surface area contributed by atoms with E-state index in [-0.39, 0.29) is 12.0 Å². The maximum absolute atomic E-state index is 12.5. The van der Waals surface area contributed by atoms with Crippen LogP contribution in [0.4, 0.5) is 0 Å². The summed E-state index contributed by atoms with van der Waals surface area (Å²) < 4.78 is 28.8. The van der Waals surface area contributed by atoms with E-state index in [1.54, 1.807) is 19.1 Å². The number of halogens is 1. The van der Waals surface area contributed by atoms with E-state index < -0.39 is 10.0 Å². The summed E-state index contributed by atoms with van der Waals surface area (Å²) in [7, 11) is -3.48. The van der Waals surface area contributed by atoms with Gasteiger partial charge in [0.15, 0.2) is 0 Å². The molecule has 1 aliphatic carbocycles. The molecule has 0 radical (unpaired) electrons. The molecule has 0 heterocycles. The Hall–Kier alpha value is -0.430. The molecule has 2 atom stereocenters. The Morgan fingerprint density at radius 2 is 2.05 bits per heavy atom.